The lowest BCUT2D eigenvalue weighted by Gasteiger charge is -2.22. The van der Waals surface area contributed by atoms with Crippen molar-refractivity contribution in [2.24, 2.45) is 5.92 Å². The first-order chi connectivity index (χ1) is 7.86. The fourth-order valence-electron chi connectivity index (χ4n) is 2.01. The Morgan fingerprint density at radius 2 is 2.56 bits per heavy atom. The molecule has 1 atom stereocenters. The van der Waals surface area contributed by atoms with Gasteiger partial charge in [-0.25, -0.2) is 0 Å². The minimum Gasteiger partial charge on any atom is -0.461 e. The maximum atomic E-state index is 11.6. The second-order valence-electron chi connectivity index (χ2n) is 4.24. The minimum absolute atomic E-state index is 0.0220. The highest BCUT2D eigenvalue weighted by atomic mass is 16.3. The van der Waals surface area contributed by atoms with Gasteiger partial charge in [-0.3, -0.25) is 4.79 Å². The lowest BCUT2D eigenvalue weighted by Crippen LogP contribution is -2.37. The fraction of sp³-hybridized carbons (Fsp3) is 0.583. The maximum absolute atomic E-state index is 11.6. The lowest BCUT2D eigenvalue weighted by molar-refractivity contribution is 0.0963. The van der Waals surface area contributed by atoms with Crippen LogP contribution in [0.2, 0.25) is 0 Å². The van der Waals surface area contributed by atoms with E-state index in [1.807, 2.05) is 0 Å². The number of hydrogen-bond donors (Lipinski definition) is 2. The summed E-state index contributed by atoms with van der Waals surface area (Å²) in [5.41, 5.74) is 0. The van der Waals surface area contributed by atoms with Crippen molar-refractivity contribution >= 4 is 5.78 Å². The van der Waals surface area contributed by atoms with Crippen molar-refractivity contribution < 1.29 is 9.21 Å². The first kappa shape index (κ1) is 11.4. The van der Waals surface area contributed by atoms with Crippen LogP contribution in [-0.2, 0) is 0 Å². The van der Waals surface area contributed by atoms with Crippen LogP contribution in [0.3, 0.4) is 0 Å². The van der Waals surface area contributed by atoms with Crippen molar-refractivity contribution in [3.05, 3.63) is 24.2 Å². The van der Waals surface area contributed by atoms with Gasteiger partial charge in [-0.05, 0) is 50.5 Å². The predicted octanol–water partition coefficient (Wildman–Crippen LogP) is 1.05. The molecule has 0 aliphatic carbocycles. The average Bonchev–Trinajstić information content (AvgIpc) is 2.84. The van der Waals surface area contributed by atoms with Crippen LogP contribution in [0.15, 0.2) is 22.8 Å². The van der Waals surface area contributed by atoms with Crippen LogP contribution in [0.25, 0.3) is 0 Å². The Morgan fingerprint density at radius 3 is 3.25 bits per heavy atom. The molecule has 1 aliphatic heterocycles. The van der Waals surface area contributed by atoms with Crippen molar-refractivity contribution in [1.29, 1.82) is 0 Å². The van der Waals surface area contributed by atoms with Crippen molar-refractivity contribution in [2.45, 2.75) is 12.8 Å². The summed E-state index contributed by atoms with van der Waals surface area (Å²) in [5.74, 6) is 1.11. The monoisotopic (exact) mass is 222 g/mol. The summed E-state index contributed by atoms with van der Waals surface area (Å²) in [6.07, 6.45) is 4.01. The molecule has 1 saturated heterocycles. The van der Waals surface area contributed by atoms with Crippen molar-refractivity contribution in [3.63, 3.8) is 0 Å². The Bertz CT molecular complexity index is 316. The van der Waals surface area contributed by atoms with Crippen molar-refractivity contribution in [2.75, 3.05) is 26.2 Å². The van der Waals surface area contributed by atoms with Crippen molar-refractivity contribution in [1.82, 2.24) is 10.6 Å². The van der Waals surface area contributed by atoms with Gasteiger partial charge >= 0.3 is 0 Å². The van der Waals surface area contributed by atoms with E-state index in [0.29, 0.717) is 18.2 Å². The number of hydrogen-bond acceptors (Lipinski definition) is 4. The largest absolute Gasteiger partial charge is 0.461 e. The Hall–Kier alpha value is -1.13. The number of piperidine rings is 1. The zero-order valence-corrected chi connectivity index (χ0v) is 9.37. The number of rotatable bonds is 5. The third kappa shape index (κ3) is 3.18. The van der Waals surface area contributed by atoms with Gasteiger partial charge < -0.3 is 15.1 Å². The second kappa shape index (κ2) is 5.82. The number of ketones is 1. The zero-order chi connectivity index (χ0) is 11.2. The third-order valence-corrected chi connectivity index (χ3v) is 2.91. The van der Waals surface area contributed by atoms with Gasteiger partial charge in [-0.1, -0.05) is 0 Å². The second-order valence-corrected chi connectivity index (χ2v) is 4.24. The van der Waals surface area contributed by atoms with Crippen LogP contribution in [0.5, 0.6) is 0 Å². The summed E-state index contributed by atoms with van der Waals surface area (Å²) in [4.78, 5) is 11.6. The maximum Gasteiger partial charge on any atom is 0.211 e. The summed E-state index contributed by atoms with van der Waals surface area (Å²) in [6.45, 7) is 3.45. The molecule has 0 spiro atoms. The zero-order valence-electron chi connectivity index (χ0n) is 9.37. The van der Waals surface area contributed by atoms with E-state index in [9.17, 15) is 4.79 Å². The van der Waals surface area contributed by atoms with Gasteiger partial charge in [-0.2, -0.15) is 0 Å². The van der Waals surface area contributed by atoms with Crippen LogP contribution < -0.4 is 10.6 Å². The number of carbonyl (C=O) groups is 1. The molecule has 2 N–H and O–H groups in total. The van der Waals surface area contributed by atoms with Gasteiger partial charge in [0, 0.05) is 0 Å². The lowest BCUT2D eigenvalue weighted by atomic mass is 10.00. The molecule has 2 rings (SSSR count). The summed E-state index contributed by atoms with van der Waals surface area (Å²) in [6, 6.07) is 3.43. The predicted molar refractivity (Wildman–Crippen MR) is 61.5 cm³/mol. The Morgan fingerprint density at radius 1 is 1.62 bits per heavy atom. The molecule has 0 bridgehead atoms. The third-order valence-electron chi connectivity index (χ3n) is 2.91. The van der Waals surface area contributed by atoms with Crippen LogP contribution in [0, 0.1) is 5.92 Å². The number of Topliss-reactive ketones (excluding diaryl/α,β-unsaturated/α-hetero) is 1. The molecule has 88 valence electrons. The van der Waals surface area contributed by atoms with E-state index in [1.54, 1.807) is 12.1 Å². The van der Waals surface area contributed by atoms with E-state index >= 15 is 0 Å². The van der Waals surface area contributed by atoms with Gasteiger partial charge in [0.1, 0.15) is 0 Å². The topological polar surface area (TPSA) is 54.3 Å². The smallest absolute Gasteiger partial charge is 0.211 e. The molecule has 1 aliphatic rings. The molecule has 4 nitrogen and oxygen atoms in total. The van der Waals surface area contributed by atoms with E-state index in [-0.39, 0.29) is 5.78 Å². The van der Waals surface area contributed by atoms with Crippen LogP contribution >= 0.6 is 0 Å². The molecular weight excluding hydrogens is 204 g/mol. The molecule has 1 aromatic rings. The Balaban J connectivity index is 1.66. The van der Waals surface area contributed by atoms with E-state index < -0.39 is 0 Å². The molecule has 0 amide bonds. The van der Waals surface area contributed by atoms with Crippen LogP contribution in [-0.4, -0.2) is 32.0 Å². The van der Waals surface area contributed by atoms with Gasteiger partial charge in [0.2, 0.25) is 5.78 Å². The minimum atomic E-state index is 0.0220. The summed E-state index contributed by atoms with van der Waals surface area (Å²) in [7, 11) is 0. The van der Waals surface area contributed by atoms with E-state index in [4.69, 9.17) is 4.42 Å². The summed E-state index contributed by atoms with van der Waals surface area (Å²) in [5, 5.41) is 6.55. The Labute approximate surface area is 95.4 Å². The molecular formula is C12H18N2O2. The Kier molecular flexibility index (Phi) is 4.13. The number of nitrogens with one attached hydrogen (secondary N) is 2. The molecule has 4 heteroatoms. The molecule has 0 unspecified atom stereocenters. The number of furan rings is 1. The SMILES string of the molecule is O=C(CNC[C@@H]1CCCNC1)c1ccco1. The summed E-state index contributed by atoms with van der Waals surface area (Å²) >= 11 is 0. The molecule has 16 heavy (non-hydrogen) atoms. The first-order valence-corrected chi connectivity index (χ1v) is 5.84. The molecule has 0 radical (unpaired) electrons. The van der Waals surface area contributed by atoms with E-state index in [2.05, 4.69) is 10.6 Å². The summed E-state index contributed by atoms with van der Waals surface area (Å²) < 4.78 is 5.04. The van der Waals surface area contributed by atoms with Crippen LogP contribution in [0.4, 0.5) is 0 Å². The standard InChI is InChI=1S/C12H18N2O2/c15-11(12-4-2-6-16-12)9-14-8-10-3-1-5-13-7-10/h2,4,6,10,13-14H,1,3,5,7-9H2/t10-/m1/s1. The van der Waals surface area contributed by atoms with Crippen molar-refractivity contribution in [3.8, 4) is 0 Å². The van der Waals surface area contributed by atoms with Gasteiger partial charge in [0.05, 0.1) is 12.8 Å². The highest BCUT2D eigenvalue weighted by Crippen LogP contribution is 2.08. The van der Waals surface area contributed by atoms with Gasteiger partial charge in [0.15, 0.2) is 5.76 Å². The normalized spacial score (nSPS) is 20.9. The first-order valence-electron chi connectivity index (χ1n) is 5.84. The van der Waals surface area contributed by atoms with Crippen LogP contribution in [0.1, 0.15) is 23.4 Å². The average molecular weight is 222 g/mol. The van der Waals surface area contributed by atoms with E-state index in [1.165, 1.54) is 19.1 Å². The molecule has 0 aromatic carbocycles. The molecule has 1 fully saturated rings. The van der Waals surface area contributed by atoms with Gasteiger partial charge in [0.25, 0.3) is 0 Å². The molecule has 2 heterocycles. The van der Waals surface area contributed by atoms with Gasteiger partial charge in [-0.15, -0.1) is 0 Å². The molecule has 1 aromatic heterocycles. The quantitative estimate of drug-likeness (QED) is 0.731. The number of carbonyl (C=O) groups excluding carboxylic acids is 1. The fourth-order valence-corrected chi connectivity index (χ4v) is 2.01. The highest BCUT2D eigenvalue weighted by molar-refractivity contribution is 5.94. The molecule has 0 saturated carbocycles. The van der Waals surface area contributed by atoms with E-state index in [0.717, 1.165) is 19.6 Å². The highest BCUT2D eigenvalue weighted by Gasteiger charge is 2.13.